The van der Waals surface area contributed by atoms with Gasteiger partial charge >= 0.3 is 0 Å². The van der Waals surface area contributed by atoms with Crippen LogP contribution < -0.4 is 9.63 Å². The molecule has 0 spiro atoms. The lowest BCUT2D eigenvalue weighted by atomic mass is 10.3. The second-order valence-corrected chi connectivity index (χ2v) is 9.16. The summed E-state index contributed by atoms with van der Waals surface area (Å²) in [6, 6.07) is 11.9. The van der Waals surface area contributed by atoms with Crippen LogP contribution in [0.1, 0.15) is 0 Å². The van der Waals surface area contributed by atoms with Crippen molar-refractivity contribution in [2.45, 2.75) is 9.79 Å². The normalized spacial score (nSPS) is 13.3. The molecule has 1 aromatic heterocycles. The number of thiazole rings is 1. The summed E-state index contributed by atoms with van der Waals surface area (Å²) in [6.45, 7) is 0. The van der Waals surface area contributed by atoms with Crippen molar-refractivity contribution in [1.82, 2.24) is 9.40 Å². The number of fused-ring (bicyclic) bond motifs is 1. The van der Waals surface area contributed by atoms with Crippen molar-refractivity contribution in [2.75, 3.05) is 0 Å². The van der Waals surface area contributed by atoms with Gasteiger partial charge in [0.05, 0.1) is 20.0 Å². The maximum Gasteiger partial charge on any atom is 0.294 e. The van der Waals surface area contributed by atoms with E-state index in [1.165, 1.54) is 23.5 Å². The summed E-state index contributed by atoms with van der Waals surface area (Å²) < 4.78 is 58.7. The number of sulfonamides is 1. The summed E-state index contributed by atoms with van der Waals surface area (Å²) in [5, 5.41) is 3.91. The smallest absolute Gasteiger partial charge is 0.294 e. The largest absolute Gasteiger partial charge is 0.318 e. The first kappa shape index (κ1) is 17.6. The first-order chi connectivity index (χ1) is 11.7. The number of nitrogens with one attached hydrogen (secondary N) is 1. The van der Waals surface area contributed by atoms with Crippen LogP contribution in [0.4, 0.5) is 0 Å². The first-order valence-electron chi connectivity index (χ1n) is 6.86. The Bertz CT molecular complexity index is 1220. The molecule has 0 fully saturated rings. The zero-order valence-corrected chi connectivity index (χ0v) is 15.3. The molecular weight excluding hydrogens is 386 g/mol. The number of nitrogens with zero attached hydrogens (tertiary/aromatic N) is 2. The number of hydrogen-bond acceptors (Lipinski definition) is 6. The first-order valence-corrected chi connectivity index (χ1v) is 10.6. The molecule has 0 atom stereocenters. The Morgan fingerprint density at radius 2 is 1.72 bits per heavy atom. The third-order valence-electron chi connectivity index (χ3n) is 3.39. The molecule has 132 valence electrons. The van der Waals surface area contributed by atoms with Gasteiger partial charge in [-0.15, -0.1) is 5.10 Å². The molecule has 0 aliphatic heterocycles. The van der Waals surface area contributed by atoms with Crippen molar-refractivity contribution in [3.8, 4) is 0 Å². The predicted octanol–water partition coefficient (Wildman–Crippen LogP) is 1.28. The molecule has 2 N–H and O–H groups in total. The predicted molar refractivity (Wildman–Crippen MR) is 92.9 cm³/mol. The zero-order chi connectivity index (χ0) is 18.2. The van der Waals surface area contributed by atoms with Crippen LogP contribution in [0.25, 0.3) is 10.2 Å². The maximum absolute atomic E-state index is 12.3. The lowest BCUT2D eigenvalue weighted by molar-refractivity contribution is 0.483. The topological polar surface area (TPSA) is 118 Å². The molecule has 2 aromatic carbocycles. The number of rotatable bonds is 4. The molecule has 0 bridgehead atoms. The third kappa shape index (κ3) is 3.58. The fourth-order valence-corrected chi connectivity index (χ4v) is 4.63. The fourth-order valence-electron chi connectivity index (χ4n) is 2.14. The molecule has 0 amide bonds. The third-order valence-corrected chi connectivity index (χ3v) is 6.56. The summed E-state index contributed by atoms with van der Waals surface area (Å²) >= 11 is 1.30. The summed E-state index contributed by atoms with van der Waals surface area (Å²) in [6.07, 6.45) is 0. The van der Waals surface area contributed by atoms with Crippen LogP contribution in [0.2, 0.25) is 0 Å². The molecule has 3 rings (SSSR count). The van der Waals surface area contributed by atoms with Gasteiger partial charge in [0.25, 0.3) is 20.1 Å². The lowest BCUT2D eigenvalue weighted by Crippen LogP contribution is -2.23. The summed E-state index contributed by atoms with van der Waals surface area (Å²) in [5.74, 6) is 0. The van der Waals surface area contributed by atoms with Gasteiger partial charge in [-0.3, -0.25) is 4.55 Å². The van der Waals surface area contributed by atoms with E-state index in [9.17, 15) is 16.8 Å². The van der Waals surface area contributed by atoms with Crippen molar-refractivity contribution < 1.29 is 21.4 Å². The second-order valence-electron chi connectivity index (χ2n) is 5.07. The van der Waals surface area contributed by atoms with Crippen molar-refractivity contribution in [1.29, 1.82) is 0 Å². The molecule has 1 heterocycles. The number of para-hydroxylation sites is 1. The van der Waals surface area contributed by atoms with Gasteiger partial charge in [0.15, 0.2) is 0 Å². The van der Waals surface area contributed by atoms with E-state index in [2.05, 4.69) is 9.93 Å². The van der Waals surface area contributed by atoms with Crippen molar-refractivity contribution in [3.63, 3.8) is 0 Å². The van der Waals surface area contributed by atoms with Gasteiger partial charge < -0.3 is 4.57 Å². The summed E-state index contributed by atoms with van der Waals surface area (Å²) in [7, 11) is -6.84. The van der Waals surface area contributed by atoms with Crippen LogP contribution >= 0.6 is 11.3 Å². The standard InChI is InChI=1S/C14H13N3O5S3/c1-17-12-7-2-3-8-13(12)23-14(17)15-16-24(18,19)10-5-4-6-11(9-10)25(20,21)22/h2-9,16H,1H3,(H,20,21,22)/b15-14+. The van der Waals surface area contributed by atoms with E-state index in [-0.39, 0.29) is 4.90 Å². The highest BCUT2D eigenvalue weighted by Gasteiger charge is 2.17. The van der Waals surface area contributed by atoms with Crippen molar-refractivity contribution in [3.05, 3.63) is 53.3 Å². The molecule has 0 aliphatic carbocycles. The lowest BCUT2D eigenvalue weighted by Gasteiger charge is -2.04. The van der Waals surface area contributed by atoms with E-state index in [4.69, 9.17) is 4.55 Å². The van der Waals surface area contributed by atoms with Crippen LogP contribution in [-0.4, -0.2) is 26.0 Å². The average molecular weight is 399 g/mol. The van der Waals surface area contributed by atoms with Crippen molar-refractivity contribution >= 4 is 41.7 Å². The highest BCUT2D eigenvalue weighted by atomic mass is 32.2. The zero-order valence-electron chi connectivity index (χ0n) is 12.8. The SMILES string of the molecule is Cn1/c(=N\NS(=O)(=O)c2cccc(S(=O)(=O)O)c2)sc2ccccc21. The quantitative estimate of drug-likeness (QED) is 0.506. The van der Waals surface area contributed by atoms with Crippen LogP contribution in [0, 0.1) is 0 Å². The number of hydrogen-bond donors (Lipinski definition) is 2. The van der Waals surface area contributed by atoms with Crippen LogP contribution in [-0.2, 0) is 27.2 Å². The average Bonchev–Trinajstić information content (AvgIpc) is 2.89. The summed E-state index contributed by atoms with van der Waals surface area (Å²) in [4.78, 5) is 1.67. The van der Waals surface area contributed by atoms with Gasteiger partial charge in [0.1, 0.15) is 0 Å². The highest BCUT2D eigenvalue weighted by molar-refractivity contribution is 7.89. The maximum atomic E-state index is 12.3. The molecule has 8 nitrogen and oxygen atoms in total. The number of aromatic nitrogens is 1. The number of aryl methyl sites for hydroxylation is 1. The van der Waals surface area contributed by atoms with Gasteiger partial charge in [-0.25, -0.2) is 0 Å². The molecule has 0 radical (unpaired) electrons. The highest BCUT2D eigenvalue weighted by Crippen LogP contribution is 2.16. The van der Waals surface area contributed by atoms with Gasteiger partial charge in [0.2, 0.25) is 4.80 Å². The molecule has 0 unspecified atom stereocenters. The molecule has 25 heavy (non-hydrogen) atoms. The van der Waals surface area contributed by atoms with Crippen LogP contribution in [0.5, 0.6) is 0 Å². The number of benzene rings is 2. The Hall–Kier alpha value is -2.21. The van der Waals surface area contributed by atoms with E-state index >= 15 is 0 Å². The van der Waals surface area contributed by atoms with E-state index in [0.29, 0.717) is 4.80 Å². The van der Waals surface area contributed by atoms with E-state index in [1.54, 1.807) is 11.6 Å². The Kier molecular flexibility index (Phi) is 4.41. The molecule has 0 saturated carbocycles. The van der Waals surface area contributed by atoms with Gasteiger partial charge in [0, 0.05) is 7.05 Å². The van der Waals surface area contributed by atoms with E-state index in [0.717, 1.165) is 22.3 Å². The minimum atomic E-state index is -4.50. The molecule has 0 saturated heterocycles. The minimum Gasteiger partial charge on any atom is -0.318 e. The minimum absolute atomic E-state index is 0.324. The van der Waals surface area contributed by atoms with Crippen molar-refractivity contribution in [2.24, 2.45) is 12.1 Å². The molecule has 0 aliphatic rings. The van der Waals surface area contributed by atoms with Gasteiger partial charge in [-0.1, -0.05) is 29.5 Å². The molecule has 11 heteroatoms. The van der Waals surface area contributed by atoms with E-state index < -0.39 is 25.0 Å². The second kappa shape index (κ2) is 6.26. The van der Waals surface area contributed by atoms with Gasteiger partial charge in [-0.05, 0) is 30.3 Å². The monoisotopic (exact) mass is 399 g/mol. The Morgan fingerprint density at radius 3 is 2.40 bits per heavy atom. The Balaban J connectivity index is 2.00. The van der Waals surface area contributed by atoms with Gasteiger partial charge in [-0.2, -0.15) is 21.7 Å². The van der Waals surface area contributed by atoms with Crippen LogP contribution in [0.15, 0.2) is 63.4 Å². The van der Waals surface area contributed by atoms with E-state index in [1.807, 2.05) is 24.3 Å². The Labute approximate surface area is 147 Å². The molecular formula is C14H13N3O5S3. The van der Waals surface area contributed by atoms with Crippen LogP contribution in [0.3, 0.4) is 0 Å². The summed E-state index contributed by atoms with van der Waals surface area (Å²) in [5.41, 5.74) is 0.902. The molecule has 3 aromatic rings. The fraction of sp³-hybridized carbons (Fsp3) is 0.0714. The Morgan fingerprint density at radius 1 is 1.04 bits per heavy atom.